The molecule has 1 aromatic rings. The van der Waals surface area contributed by atoms with Crippen molar-refractivity contribution in [3.05, 3.63) is 18.0 Å². The lowest BCUT2D eigenvalue weighted by atomic mass is 9.64. The number of H-pyrrole nitrogens is 1. The van der Waals surface area contributed by atoms with Crippen molar-refractivity contribution in [2.24, 2.45) is 16.3 Å². The highest BCUT2D eigenvalue weighted by Gasteiger charge is 2.37. The van der Waals surface area contributed by atoms with Gasteiger partial charge in [-0.1, -0.05) is 20.3 Å². The van der Waals surface area contributed by atoms with Gasteiger partial charge in [0.05, 0.1) is 12.2 Å². The summed E-state index contributed by atoms with van der Waals surface area (Å²) in [6.07, 6.45) is 7.12. The third kappa shape index (κ3) is 5.48. The van der Waals surface area contributed by atoms with E-state index in [2.05, 4.69) is 39.7 Å². The van der Waals surface area contributed by atoms with Crippen molar-refractivity contribution in [1.29, 1.82) is 0 Å². The highest BCUT2D eigenvalue weighted by atomic mass is 127. The number of nitrogens with one attached hydrogen (secondary N) is 3. The molecule has 0 spiro atoms. The number of guanidine groups is 1. The van der Waals surface area contributed by atoms with Gasteiger partial charge in [-0.25, -0.2) is 0 Å². The van der Waals surface area contributed by atoms with Gasteiger partial charge in [-0.2, -0.15) is 5.10 Å². The van der Waals surface area contributed by atoms with Crippen LogP contribution in [-0.2, 0) is 6.54 Å². The summed E-state index contributed by atoms with van der Waals surface area (Å²) in [5.74, 6) is 1.63. The molecule has 3 N–H and O–H groups in total. The van der Waals surface area contributed by atoms with Crippen LogP contribution in [0.3, 0.4) is 0 Å². The highest BCUT2D eigenvalue weighted by Crippen LogP contribution is 2.45. The quantitative estimate of drug-likeness (QED) is 0.388. The minimum atomic E-state index is 0. The third-order valence-electron chi connectivity index (χ3n) is 4.11. The van der Waals surface area contributed by atoms with Gasteiger partial charge in [0.1, 0.15) is 0 Å². The first-order valence-electron chi connectivity index (χ1n) is 7.56. The van der Waals surface area contributed by atoms with E-state index in [-0.39, 0.29) is 24.0 Å². The zero-order valence-corrected chi connectivity index (χ0v) is 15.6. The van der Waals surface area contributed by atoms with Gasteiger partial charge in [0.15, 0.2) is 5.96 Å². The summed E-state index contributed by atoms with van der Waals surface area (Å²) in [4.78, 5) is 4.29. The number of aromatic amines is 1. The lowest BCUT2D eigenvalue weighted by Gasteiger charge is -2.43. The summed E-state index contributed by atoms with van der Waals surface area (Å²) >= 11 is 0. The van der Waals surface area contributed by atoms with Crippen LogP contribution in [0.15, 0.2) is 17.3 Å². The van der Waals surface area contributed by atoms with Crippen LogP contribution in [0.4, 0.5) is 0 Å². The summed E-state index contributed by atoms with van der Waals surface area (Å²) in [6.45, 7) is 6.36. The van der Waals surface area contributed by atoms with Crippen molar-refractivity contribution in [2.75, 3.05) is 13.6 Å². The fraction of sp³-hybridized carbons (Fsp3) is 0.733. The maximum atomic E-state index is 4.29. The Morgan fingerprint density at radius 1 is 1.43 bits per heavy atom. The number of hydrogen-bond acceptors (Lipinski definition) is 2. The van der Waals surface area contributed by atoms with Crippen molar-refractivity contribution in [3.63, 3.8) is 0 Å². The van der Waals surface area contributed by atoms with Crippen LogP contribution >= 0.6 is 24.0 Å². The lowest BCUT2D eigenvalue weighted by molar-refractivity contribution is 0.104. The van der Waals surface area contributed by atoms with E-state index >= 15 is 0 Å². The zero-order chi connectivity index (χ0) is 14.4. The number of rotatable bonds is 6. The molecule has 0 bridgehead atoms. The molecular formula is C15H28IN5. The van der Waals surface area contributed by atoms with Crippen molar-refractivity contribution in [3.8, 4) is 0 Å². The molecule has 1 aliphatic carbocycles. The van der Waals surface area contributed by atoms with Gasteiger partial charge >= 0.3 is 0 Å². The highest BCUT2D eigenvalue weighted by molar-refractivity contribution is 14.0. The summed E-state index contributed by atoms with van der Waals surface area (Å²) in [5.41, 5.74) is 1.55. The average Bonchev–Trinajstić information content (AvgIpc) is 2.88. The second-order valence-corrected chi connectivity index (χ2v) is 6.31. The molecule has 120 valence electrons. The first-order chi connectivity index (χ1) is 9.63. The first-order valence-corrected chi connectivity index (χ1v) is 7.56. The molecule has 0 saturated heterocycles. The maximum absolute atomic E-state index is 4.29. The second kappa shape index (κ2) is 8.60. The largest absolute Gasteiger partial charge is 0.356 e. The number of aliphatic imine (C=N–C) groups is 1. The lowest BCUT2D eigenvalue weighted by Crippen LogP contribution is -2.46. The SMILES string of the molecule is CN=C(NCc1ccn[nH]1)NCC1(CC(C)C)CCC1.I. The molecule has 1 saturated carbocycles. The van der Waals surface area contributed by atoms with E-state index in [1.54, 1.807) is 6.20 Å². The van der Waals surface area contributed by atoms with Crippen LogP contribution in [0, 0.1) is 11.3 Å². The Labute approximate surface area is 144 Å². The predicted octanol–water partition coefficient (Wildman–Crippen LogP) is 2.91. The summed E-state index contributed by atoms with van der Waals surface area (Å²) in [5, 5.41) is 13.7. The normalized spacial score (nSPS) is 17.0. The van der Waals surface area contributed by atoms with E-state index in [0.717, 1.165) is 30.7 Å². The van der Waals surface area contributed by atoms with Gasteiger partial charge in [0.25, 0.3) is 0 Å². The van der Waals surface area contributed by atoms with E-state index in [4.69, 9.17) is 0 Å². The molecule has 0 atom stereocenters. The molecule has 1 aromatic heterocycles. The van der Waals surface area contributed by atoms with Crippen molar-refractivity contribution >= 4 is 29.9 Å². The summed E-state index contributed by atoms with van der Waals surface area (Å²) in [6, 6.07) is 1.96. The van der Waals surface area contributed by atoms with Crippen LogP contribution in [0.25, 0.3) is 0 Å². The van der Waals surface area contributed by atoms with E-state index in [9.17, 15) is 0 Å². The van der Waals surface area contributed by atoms with Gasteiger partial charge in [0, 0.05) is 19.8 Å². The van der Waals surface area contributed by atoms with Crippen molar-refractivity contribution in [1.82, 2.24) is 20.8 Å². The Balaban J connectivity index is 0.00000220. The molecule has 6 heteroatoms. The molecule has 0 aromatic carbocycles. The predicted molar refractivity (Wildman–Crippen MR) is 97.9 cm³/mol. The number of halogens is 1. The molecule has 0 unspecified atom stereocenters. The smallest absolute Gasteiger partial charge is 0.191 e. The molecule has 0 aliphatic heterocycles. The molecule has 5 nitrogen and oxygen atoms in total. The minimum absolute atomic E-state index is 0. The number of aromatic nitrogens is 2. The molecule has 1 aliphatic rings. The maximum Gasteiger partial charge on any atom is 0.191 e. The fourth-order valence-electron chi connectivity index (χ4n) is 3.05. The standard InChI is InChI=1S/C15H27N5.HI/c1-12(2)9-15(6-4-7-15)11-18-14(16-3)17-10-13-5-8-19-20-13;/h5,8,12H,4,6-7,9-11H2,1-3H3,(H,19,20)(H2,16,17,18);1H. The van der Waals surface area contributed by atoms with E-state index in [0.29, 0.717) is 5.41 Å². The van der Waals surface area contributed by atoms with E-state index in [1.165, 1.54) is 25.7 Å². The van der Waals surface area contributed by atoms with Crippen LogP contribution < -0.4 is 10.6 Å². The van der Waals surface area contributed by atoms with Gasteiger partial charge in [-0.05, 0) is 36.7 Å². The van der Waals surface area contributed by atoms with Crippen LogP contribution in [-0.4, -0.2) is 29.7 Å². The summed E-state index contributed by atoms with van der Waals surface area (Å²) < 4.78 is 0. The Bertz CT molecular complexity index is 423. The van der Waals surface area contributed by atoms with Crippen molar-refractivity contribution in [2.45, 2.75) is 46.1 Å². The Morgan fingerprint density at radius 2 is 2.19 bits per heavy atom. The topological polar surface area (TPSA) is 65.1 Å². The molecule has 2 rings (SSSR count). The fourth-order valence-corrected chi connectivity index (χ4v) is 3.05. The molecule has 1 heterocycles. The van der Waals surface area contributed by atoms with Crippen LogP contribution in [0.1, 0.15) is 45.2 Å². The molecule has 21 heavy (non-hydrogen) atoms. The Kier molecular flexibility index (Phi) is 7.48. The second-order valence-electron chi connectivity index (χ2n) is 6.31. The average molecular weight is 405 g/mol. The first kappa shape index (κ1) is 18.3. The third-order valence-corrected chi connectivity index (χ3v) is 4.11. The Morgan fingerprint density at radius 3 is 2.67 bits per heavy atom. The van der Waals surface area contributed by atoms with Gasteiger partial charge in [-0.15, -0.1) is 24.0 Å². The minimum Gasteiger partial charge on any atom is -0.356 e. The van der Waals surface area contributed by atoms with Crippen molar-refractivity contribution < 1.29 is 0 Å². The molecule has 0 radical (unpaired) electrons. The molecular weight excluding hydrogens is 377 g/mol. The summed E-state index contributed by atoms with van der Waals surface area (Å²) in [7, 11) is 1.82. The van der Waals surface area contributed by atoms with Crippen LogP contribution in [0.2, 0.25) is 0 Å². The van der Waals surface area contributed by atoms with Crippen LogP contribution in [0.5, 0.6) is 0 Å². The van der Waals surface area contributed by atoms with E-state index < -0.39 is 0 Å². The monoisotopic (exact) mass is 405 g/mol. The Hall–Kier alpha value is -0.790. The zero-order valence-electron chi connectivity index (χ0n) is 13.3. The molecule has 1 fully saturated rings. The van der Waals surface area contributed by atoms with Gasteiger partial charge in [0.2, 0.25) is 0 Å². The van der Waals surface area contributed by atoms with Gasteiger partial charge < -0.3 is 10.6 Å². The van der Waals surface area contributed by atoms with Gasteiger partial charge in [-0.3, -0.25) is 10.1 Å². The van der Waals surface area contributed by atoms with E-state index in [1.807, 2.05) is 13.1 Å². The molecule has 0 amide bonds. The number of hydrogen-bond donors (Lipinski definition) is 3. The number of nitrogens with zero attached hydrogens (tertiary/aromatic N) is 2.